The summed E-state index contributed by atoms with van der Waals surface area (Å²) in [4.78, 5) is 0. The predicted molar refractivity (Wildman–Crippen MR) is 138 cm³/mol. The summed E-state index contributed by atoms with van der Waals surface area (Å²) in [7, 11) is 0. The zero-order chi connectivity index (χ0) is 22.8. The zero-order valence-electron chi connectivity index (χ0n) is 18.9. The molecule has 7 rings (SSSR count). The number of furan rings is 1. The van der Waals surface area contributed by atoms with Gasteiger partial charge in [-0.25, -0.2) is 0 Å². The van der Waals surface area contributed by atoms with E-state index >= 15 is 0 Å². The smallest absolute Gasteiger partial charge is 0.168 e. The number of rotatable bonds is 2. The minimum atomic E-state index is 0.856. The number of hydrogen-bond donors (Lipinski definition) is 0. The van der Waals surface area contributed by atoms with Crippen LogP contribution in [0.2, 0.25) is 0 Å². The highest BCUT2D eigenvalue weighted by atomic mass is 16.3. The molecule has 0 bridgehead atoms. The highest BCUT2D eigenvalue weighted by Gasteiger charge is 2.17. The number of fused-ring (bicyclic) bond motifs is 6. The third kappa shape index (κ3) is 2.66. The van der Waals surface area contributed by atoms with Gasteiger partial charge in [-0.2, -0.15) is 0 Å². The number of nitrogens with zero attached hydrogens (tertiary/aromatic N) is 3. The lowest BCUT2D eigenvalue weighted by molar-refractivity contribution is 0.670. The second kappa shape index (κ2) is 7.03. The van der Waals surface area contributed by atoms with Crippen LogP contribution in [0.1, 0.15) is 11.1 Å². The summed E-state index contributed by atoms with van der Waals surface area (Å²) >= 11 is 0. The molecule has 0 aliphatic rings. The van der Waals surface area contributed by atoms with Crippen molar-refractivity contribution < 1.29 is 4.42 Å². The van der Waals surface area contributed by atoms with Crippen LogP contribution in [0.3, 0.4) is 0 Å². The van der Waals surface area contributed by atoms with Gasteiger partial charge in [0.1, 0.15) is 11.2 Å². The highest BCUT2D eigenvalue weighted by molar-refractivity contribution is 6.09. The molecule has 0 amide bonds. The van der Waals surface area contributed by atoms with Crippen LogP contribution in [-0.2, 0) is 0 Å². The summed E-state index contributed by atoms with van der Waals surface area (Å²) in [5, 5.41) is 13.7. The summed E-state index contributed by atoms with van der Waals surface area (Å²) in [5.74, 6) is 0.856. The highest BCUT2D eigenvalue weighted by Crippen LogP contribution is 2.38. The van der Waals surface area contributed by atoms with E-state index in [-0.39, 0.29) is 0 Å². The molecular weight excluding hydrogens is 418 g/mol. The molecule has 0 unspecified atom stereocenters. The molecule has 0 radical (unpaired) electrons. The molecule has 0 aliphatic carbocycles. The summed E-state index contributed by atoms with van der Waals surface area (Å²) < 4.78 is 8.39. The van der Waals surface area contributed by atoms with E-state index in [4.69, 9.17) is 4.42 Å². The lowest BCUT2D eigenvalue weighted by Gasteiger charge is -2.12. The summed E-state index contributed by atoms with van der Waals surface area (Å²) in [6.45, 7) is 4.29. The van der Waals surface area contributed by atoms with E-state index in [1.807, 2.05) is 24.3 Å². The van der Waals surface area contributed by atoms with Crippen molar-refractivity contribution in [2.24, 2.45) is 0 Å². The quantitative estimate of drug-likeness (QED) is 0.277. The maximum absolute atomic E-state index is 6.31. The van der Waals surface area contributed by atoms with Crippen molar-refractivity contribution in [1.29, 1.82) is 0 Å². The van der Waals surface area contributed by atoms with E-state index in [1.165, 1.54) is 11.1 Å². The maximum Gasteiger partial charge on any atom is 0.168 e. The Labute approximate surface area is 196 Å². The van der Waals surface area contributed by atoms with Gasteiger partial charge in [0.2, 0.25) is 0 Å². The fourth-order valence-corrected chi connectivity index (χ4v) is 5.11. The van der Waals surface area contributed by atoms with E-state index in [2.05, 4.69) is 95.3 Å². The Morgan fingerprint density at radius 3 is 2.29 bits per heavy atom. The third-order valence-electron chi connectivity index (χ3n) is 6.81. The van der Waals surface area contributed by atoms with E-state index in [0.29, 0.717) is 0 Å². The van der Waals surface area contributed by atoms with Gasteiger partial charge in [0.15, 0.2) is 11.5 Å². The van der Waals surface area contributed by atoms with Crippen LogP contribution in [0.25, 0.3) is 60.9 Å². The molecule has 0 aliphatic heterocycles. The largest absolute Gasteiger partial charge is 0.455 e. The van der Waals surface area contributed by atoms with Crippen molar-refractivity contribution in [3.63, 3.8) is 0 Å². The van der Waals surface area contributed by atoms with Gasteiger partial charge in [0.05, 0.1) is 0 Å². The standard InChI is InChI=1S/C30H21N3O/c1-18-17-26(30-32-31-29-21-9-4-3-8-20(21)14-15-33(29)30)19(2)16-25(18)24-12-7-11-23-22-10-5-6-13-27(22)34-28(23)24/h3-17H,1-2H3. The molecular formula is C30H21N3O. The monoisotopic (exact) mass is 439 g/mol. The lowest BCUT2D eigenvalue weighted by Crippen LogP contribution is -1.95. The zero-order valence-corrected chi connectivity index (χ0v) is 18.9. The van der Waals surface area contributed by atoms with Gasteiger partial charge < -0.3 is 4.42 Å². The van der Waals surface area contributed by atoms with Gasteiger partial charge >= 0.3 is 0 Å². The van der Waals surface area contributed by atoms with Gasteiger partial charge in [-0.15, -0.1) is 10.2 Å². The predicted octanol–water partition coefficient (Wildman–Crippen LogP) is 7.73. The van der Waals surface area contributed by atoms with Crippen LogP contribution in [0.4, 0.5) is 0 Å². The number of hydrogen-bond acceptors (Lipinski definition) is 3. The molecule has 0 N–H and O–H groups in total. The molecule has 0 fully saturated rings. The molecule has 0 spiro atoms. The van der Waals surface area contributed by atoms with Crippen LogP contribution in [0.5, 0.6) is 0 Å². The van der Waals surface area contributed by atoms with E-state index < -0.39 is 0 Å². The first-order valence-corrected chi connectivity index (χ1v) is 11.4. The Bertz CT molecular complexity index is 1890. The Balaban J connectivity index is 1.43. The molecule has 34 heavy (non-hydrogen) atoms. The minimum Gasteiger partial charge on any atom is -0.455 e. The second-order valence-corrected chi connectivity index (χ2v) is 8.88. The molecule has 4 nitrogen and oxygen atoms in total. The topological polar surface area (TPSA) is 43.3 Å². The first-order chi connectivity index (χ1) is 16.7. The van der Waals surface area contributed by atoms with Crippen LogP contribution >= 0.6 is 0 Å². The lowest BCUT2D eigenvalue weighted by atomic mass is 9.93. The second-order valence-electron chi connectivity index (χ2n) is 8.88. The van der Waals surface area contributed by atoms with Crippen molar-refractivity contribution in [1.82, 2.24) is 14.6 Å². The number of pyridine rings is 1. The SMILES string of the molecule is Cc1cc(-c2nnc3c4ccccc4ccn23)c(C)cc1-c1cccc2c1oc1ccccc12. The molecule has 0 atom stereocenters. The summed E-state index contributed by atoms with van der Waals surface area (Å²) in [6, 6.07) is 29.5. The molecule has 162 valence electrons. The Kier molecular flexibility index (Phi) is 3.94. The van der Waals surface area contributed by atoms with Crippen molar-refractivity contribution in [2.45, 2.75) is 13.8 Å². The molecule has 7 aromatic rings. The van der Waals surface area contributed by atoms with Crippen molar-refractivity contribution in [3.8, 4) is 22.5 Å². The first-order valence-electron chi connectivity index (χ1n) is 11.4. The van der Waals surface area contributed by atoms with Crippen molar-refractivity contribution in [2.75, 3.05) is 0 Å². The third-order valence-corrected chi connectivity index (χ3v) is 6.81. The number of para-hydroxylation sites is 2. The van der Waals surface area contributed by atoms with Gasteiger partial charge in [-0.1, -0.05) is 66.7 Å². The van der Waals surface area contributed by atoms with Gasteiger partial charge in [-0.05, 0) is 54.1 Å². The minimum absolute atomic E-state index is 0.856. The van der Waals surface area contributed by atoms with Crippen LogP contribution in [-0.4, -0.2) is 14.6 Å². The fraction of sp³-hybridized carbons (Fsp3) is 0.0667. The average Bonchev–Trinajstić information content (AvgIpc) is 3.47. The number of benzene rings is 4. The molecule has 0 saturated carbocycles. The Hall–Kier alpha value is -4.44. The van der Waals surface area contributed by atoms with Crippen LogP contribution < -0.4 is 0 Å². The normalized spacial score (nSPS) is 11.8. The maximum atomic E-state index is 6.31. The molecule has 4 heteroatoms. The molecule has 0 saturated heterocycles. The van der Waals surface area contributed by atoms with Crippen LogP contribution in [0, 0.1) is 13.8 Å². The van der Waals surface area contributed by atoms with Gasteiger partial charge in [0, 0.05) is 33.5 Å². The van der Waals surface area contributed by atoms with E-state index in [0.717, 1.165) is 60.9 Å². The Morgan fingerprint density at radius 1 is 0.647 bits per heavy atom. The first kappa shape index (κ1) is 19.1. The number of aromatic nitrogens is 3. The Morgan fingerprint density at radius 2 is 1.38 bits per heavy atom. The molecule has 3 aromatic heterocycles. The average molecular weight is 440 g/mol. The van der Waals surface area contributed by atoms with E-state index in [9.17, 15) is 0 Å². The molecule has 4 aromatic carbocycles. The van der Waals surface area contributed by atoms with Crippen LogP contribution in [0.15, 0.2) is 95.5 Å². The summed E-state index contributed by atoms with van der Waals surface area (Å²) in [6.07, 6.45) is 2.06. The number of aryl methyl sites for hydroxylation is 2. The summed E-state index contributed by atoms with van der Waals surface area (Å²) in [5.41, 5.74) is 8.41. The van der Waals surface area contributed by atoms with Crippen molar-refractivity contribution >= 4 is 38.4 Å². The molecule has 3 heterocycles. The van der Waals surface area contributed by atoms with Gasteiger partial charge in [-0.3, -0.25) is 4.40 Å². The van der Waals surface area contributed by atoms with E-state index in [1.54, 1.807) is 0 Å². The fourth-order valence-electron chi connectivity index (χ4n) is 5.11. The van der Waals surface area contributed by atoms with Gasteiger partial charge in [0.25, 0.3) is 0 Å². The van der Waals surface area contributed by atoms with Crippen molar-refractivity contribution in [3.05, 3.63) is 102 Å².